The Balaban J connectivity index is 2.26. The lowest BCUT2D eigenvalue weighted by molar-refractivity contribution is 0.441. The Bertz CT molecular complexity index is 114. The lowest BCUT2D eigenvalue weighted by Gasteiger charge is -2.09. The summed E-state index contributed by atoms with van der Waals surface area (Å²) in [6.07, 6.45) is 6.39. The van der Waals surface area contributed by atoms with Crippen molar-refractivity contribution in [1.82, 2.24) is 4.90 Å². The summed E-state index contributed by atoms with van der Waals surface area (Å²) in [4.78, 5) is 2.23. The van der Waals surface area contributed by atoms with Gasteiger partial charge in [0.1, 0.15) is 0 Å². The molecule has 0 atom stereocenters. The summed E-state index contributed by atoms with van der Waals surface area (Å²) in [6.45, 7) is 1.17. The summed E-state index contributed by atoms with van der Waals surface area (Å²) in [6, 6.07) is 0. The maximum Gasteiger partial charge on any atom is 0.0186 e. The fourth-order valence-electron chi connectivity index (χ4n) is 1.29. The Morgan fingerprint density at radius 1 is 1.56 bits per heavy atom. The van der Waals surface area contributed by atoms with E-state index in [1.165, 1.54) is 25.8 Å². The van der Waals surface area contributed by atoms with Gasteiger partial charge in [0.05, 0.1) is 0 Å². The zero-order chi connectivity index (χ0) is 6.69. The van der Waals surface area contributed by atoms with Crippen LogP contribution in [0.25, 0.3) is 0 Å². The van der Waals surface area contributed by atoms with E-state index in [2.05, 4.69) is 25.1 Å². The summed E-state index contributed by atoms with van der Waals surface area (Å²) in [5.74, 6) is 0. The van der Waals surface area contributed by atoms with Crippen LogP contribution in [0.15, 0.2) is 11.6 Å². The summed E-state index contributed by atoms with van der Waals surface area (Å²) in [5, 5.41) is 0. The largest absolute Gasteiger partial charge is 0.305 e. The molecule has 0 spiro atoms. The van der Waals surface area contributed by atoms with Crippen molar-refractivity contribution in [2.45, 2.75) is 19.3 Å². The minimum atomic E-state index is 1.17. The molecule has 0 saturated heterocycles. The highest BCUT2D eigenvalue weighted by molar-refractivity contribution is 5.08. The maximum atomic E-state index is 2.38. The van der Waals surface area contributed by atoms with Gasteiger partial charge in [0.15, 0.2) is 0 Å². The van der Waals surface area contributed by atoms with Crippen molar-refractivity contribution in [3.63, 3.8) is 0 Å². The van der Waals surface area contributed by atoms with Gasteiger partial charge >= 0.3 is 0 Å². The van der Waals surface area contributed by atoms with E-state index < -0.39 is 0 Å². The fourth-order valence-corrected chi connectivity index (χ4v) is 1.29. The Kier molecular flexibility index (Phi) is 2.29. The molecule has 0 aromatic carbocycles. The van der Waals surface area contributed by atoms with Crippen LogP contribution in [0.4, 0.5) is 0 Å². The predicted octanol–water partition coefficient (Wildman–Crippen LogP) is 1.66. The van der Waals surface area contributed by atoms with Gasteiger partial charge in [-0.1, -0.05) is 11.6 Å². The minimum Gasteiger partial charge on any atom is -0.305 e. The number of hydrogen-bond donors (Lipinski definition) is 0. The quantitative estimate of drug-likeness (QED) is 0.507. The summed E-state index contributed by atoms with van der Waals surface area (Å²) < 4.78 is 0. The van der Waals surface area contributed by atoms with E-state index in [1.54, 1.807) is 5.57 Å². The SMILES string of the molecule is CN(C)CC1=CCCC1. The van der Waals surface area contributed by atoms with Crippen molar-refractivity contribution < 1.29 is 0 Å². The van der Waals surface area contributed by atoms with E-state index in [9.17, 15) is 0 Å². The molecule has 0 aliphatic heterocycles. The van der Waals surface area contributed by atoms with Crippen molar-refractivity contribution in [2.75, 3.05) is 20.6 Å². The summed E-state index contributed by atoms with van der Waals surface area (Å²) in [7, 11) is 4.25. The standard InChI is InChI=1S/C8H15N/c1-9(2)7-8-5-3-4-6-8/h5H,3-4,6-7H2,1-2H3. The molecule has 0 aromatic heterocycles. The normalized spacial score (nSPS) is 18.8. The fraction of sp³-hybridized carbons (Fsp3) is 0.750. The van der Waals surface area contributed by atoms with Crippen LogP contribution in [0.5, 0.6) is 0 Å². The van der Waals surface area contributed by atoms with Gasteiger partial charge in [-0.25, -0.2) is 0 Å². The average molecular weight is 125 g/mol. The van der Waals surface area contributed by atoms with Crippen molar-refractivity contribution in [3.8, 4) is 0 Å². The molecular weight excluding hydrogens is 110 g/mol. The van der Waals surface area contributed by atoms with Gasteiger partial charge < -0.3 is 4.90 Å². The molecule has 0 heterocycles. The zero-order valence-corrected chi connectivity index (χ0v) is 6.35. The zero-order valence-electron chi connectivity index (χ0n) is 6.35. The second-order valence-electron chi connectivity index (χ2n) is 2.99. The van der Waals surface area contributed by atoms with E-state index in [4.69, 9.17) is 0 Å². The number of nitrogens with zero attached hydrogens (tertiary/aromatic N) is 1. The number of hydrogen-bond acceptors (Lipinski definition) is 1. The highest BCUT2D eigenvalue weighted by atomic mass is 15.0. The first-order valence-corrected chi connectivity index (χ1v) is 3.61. The Morgan fingerprint density at radius 2 is 2.33 bits per heavy atom. The molecule has 1 aliphatic carbocycles. The van der Waals surface area contributed by atoms with E-state index in [0.717, 1.165) is 0 Å². The molecule has 1 nitrogen and oxygen atoms in total. The molecule has 0 N–H and O–H groups in total. The van der Waals surface area contributed by atoms with E-state index in [0.29, 0.717) is 0 Å². The first-order valence-electron chi connectivity index (χ1n) is 3.61. The lowest BCUT2D eigenvalue weighted by atomic mass is 10.2. The molecule has 52 valence electrons. The predicted molar refractivity (Wildman–Crippen MR) is 40.5 cm³/mol. The van der Waals surface area contributed by atoms with Gasteiger partial charge in [-0.05, 0) is 33.4 Å². The topological polar surface area (TPSA) is 3.24 Å². The van der Waals surface area contributed by atoms with Crippen molar-refractivity contribution in [1.29, 1.82) is 0 Å². The number of rotatable bonds is 2. The lowest BCUT2D eigenvalue weighted by Crippen LogP contribution is -2.14. The summed E-state index contributed by atoms with van der Waals surface area (Å²) >= 11 is 0. The summed E-state index contributed by atoms with van der Waals surface area (Å²) in [5.41, 5.74) is 1.63. The van der Waals surface area contributed by atoms with Crippen molar-refractivity contribution in [2.24, 2.45) is 0 Å². The molecule has 0 radical (unpaired) electrons. The van der Waals surface area contributed by atoms with Crippen molar-refractivity contribution in [3.05, 3.63) is 11.6 Å². The van der Waals surface area contributed by atoms with Crippen LogP contribution in [-0.4, -0.2) is 25.5 Å². The maximum absolute atomic E-state index is 2.38. The average Bonchev–Trinajstić information content (AvgIpc) is 2.15. The van der Waals surface area contributed by atoms with Crippen LogP contribution in [0, 0.1) is 0 Å². The number of likely N-dealkylation sites (N-methyl/N-ethyl adjacent to an activating group) is 1. The molecule has 1 heteroatoms. The van der Waals surface area contributed by atoms with Crippen LogP contribution in [0.1, 0.15) is 19.3 Å². The minimum absolute atomic E-state index is 1.17. The molecule has 1 aliphatic rings. The molecular formula is C8H15N. The van der Waals surface area contributed by atoms with Gasteiger partial charge in [0.25, 0.3) is 0 Å². The molecule has 0 amide bonds. The monoisotopic (exact) mass is 125 g/mol. The van der Waals surface area contributed by atoms with E-state index >= 15 is 0 Å². The van der Waals surface area contributed by atoms with Crippen molar-refractivity contribution >= 4 is 0 Å². The first kappa shape index (κ1) is 6.81. The van der Waals surface area contributed by atoms with Gasteiger partial charge in [-0.2, -0.15) is 0 Å². The third-order valence-electron chi connectivity index (χ3n) is 1.65. The molecule has 0 aromatic rings. The molecule has 0 saturated carbocycles. The van der Waals surface area contributed by atoms with Crippen LogP contribution in [0.2, 0.25) is 0 Å². The molecule has 0 bridgehead atoms. The van der Waals surface area contributed by atoms with Gasteiger partial charge in [0.2, 0.25) is 0 Å². The van der Waals surface area contributed by atoms with Gasteiger partial charge in [-0.15, -0.1) is 0 Å². The van der Waals surface area contributed by atoms with Gasteiger partial charge in [-0.3, -0.25) is 0 Å². The van der Waals surface area contributed by atoms with Crippen LogP contribution in [0.3, 0.4) is 0 Å². The molecule has 0 fully saturated rings. The molecule has 1 rings (SSSR count). The number of allylic oxidation sites excluding steroid dienone is 1. The Labute approximate surface area is 57.4 Å². The second-order valence-corrected chi connectivity index (χ2v) is 2.99. The molecule has 0 unspecified atom stereocenters. The third kappa shape index (κ3) is 2.19. The Morgan fingerprint density at radius 3 is 2.78 bits per heavy atom. The first-order chi connectivity index (χ1) is 4.29. The molecule has 9 heavy (non-hydrogen) atoms. The van der Waals surface area contributed by atoms with Gasteiger partial charge in [0, 0.05) is 6.54 Å². The highest BCUT2D eigenvalue weighted by Gasteiger charge is 2.03. The highest BCUT2D eigenvalue weighted by Crippen LogP contribution is 2.17. The van der Waals surface area contributed by atoms with E-state index in [1.807, 2.05) is 0 Å². The van der Waals surface area contributed by atoms with E-state index in [-0.39, 0.29) is 0 Å². The van der Waals surface area contributed by atoms with Crippen LogP contribution < -0.4 is 0 Å². The smallest absolute Gasteiger partial charge is 0.0186 e. The second kappa shape index (κ2) is 3.02. The van der Waals surface area contributed by atoms with Crippen LogP contribution >= 0.6 is 0 Å². The van der Waals surface area contributed by atoms with Crippen LogP contribution in [-0.2, 0) is 0 Å². The third-order valence-corrected chi connectivity index (χ3v) is 1.65. The Hall–Kier alpha value is -0.300.